The Bertz CT molecular complexity index is 651. The number of hydrogen-bond acceptors (Lipinski definition) is 3. The van der Waals surface area contributed by atoms with Gasteiger partial charge in [-0.05, 0) is 28.1 Å². The van der Waals surface area contributed by atoms with Gasteiger partial charge in [0.25, 0.3) is 0 Å². The molecule has 1 aliphatic heterocycles. The van der Waals surface area contributed by atoms with Crippen LogP contribution in [0.2, 0.25) is 0 Å². The quantitative estimate of drug-likeness (QED) is 0.726. The second kappa shape index (κ2) is 5.07. The zero-order valence-electron chi connectivity index (χ0n) is 10.5. The molecule has 1 aliphatic rings. The Morgan fingerprint density at radius 2 is 2.10 bits per heavy atom. The molecule has 0 saturated carbocycles. The van der Waals surface area contributed by atoms with E-state index in [2.05, 4.69) is 20.9 Å². The summed E-state index contributed by atoms with van der Waals surface area (Å²) in [7, 11) is 0. The normalized spacial score (nSPS) is 23.9. The van der Waals surface area contributed by atoms with Gasteiger partial charge in [-0.2, -0.15) is 0 Å². The van der Waals surface area contributed by atoms with E-state index in [0.29, 0.717) is 25.0 Å². The summed E-state index contributed by atoms with van der Waals surface area (Å²) in [5, 5.41) is 10.2. The summed E-state index contributed by atoms with van der Waals surface area (Å²) >= 11 is 2.99. The van der Waals surface area contributed by atoms with Gasteiger partial charge in [-0.1, -0.05) is 0 Å². The monoisotopic (exact) mass is 345 g/mol. The van der Waals surface area contributed by atoms with Crippen LogP contribution in [0.5, 0.6) is 0 Å². The van der Waals surface area contributed by atoms with Gasteiger partial charge in [-0.25, -0.2) is 8.78 Å². The predicted molar refractivity (Wildman–Crippen MR) is 75.2 cm³/mol. The number of nitrogens with zero attached hydrogens (tertiary/aromatic N) is 1. The van der Waals surface area contributed by atoms with Crippen LogP contribution in [0.4, 0.5) is 8.78 Å². The molecule has 4 nitrogen and oxygen atoms in total. The third-order valence-corrected chi connectivity index (χ3v) is 4.19. The minimum absolute atomic E-state index is 0.103. The molecule has 1 saturated heterocycles. The number of rotatable bonds is 2. The molecule has 0 unspecified atom stereocenters. The first kappa shape index (κ1) is 13.9. The van der Waals surface area contributed by atoms with Crippen LogP contribution >= 0.6 is 15.9 Å². The standard InChI is InChI=1S/C13H14BrF2N3O/c14-8-2-6-1-7(18-13(6)12(16)11(8)15)3-19-4-9(17)10(20)5-19/h1-2,9-10,18,20H,3-5,17H2/t9-,10-/m0/s1. The molecule has 7 heteroatoms. The van der Waals surface area contributed by atoms with E-state index < -0.39 is 17.7 Å². The molecule has 20 heavy (non-hydrogen) atoms. The molecule has 0 aliphatic carbocycles. The Hall–Kier alpha value is -1.02. The highest BCUT2D eigenvalue weighted by Gasteiger charge is 2.28. The molecule has 1 aromatic heterocycles. The lowest BCUT2D eigenvalue weighted by atomic mass is 10.2. The van der Waals surface area contributed by atoms with Crippen molar-refractivity contribution in [3.05, 3.63) is 33.9 Å². The smallest absolute Gasteiger partial charge is 0.183 e. The zero-order valence-corrected chi connectivity index (χ0v) is 12.1. The van der Waals surface area contributed by atoms with Gasteiger partial charge in [0, 0.05) is 36.8 Å². The highest BCUT2D eigenvalue weighted by molar-refractivity contribution is 9.10. The zero-order chi connectivity index (χ0) is 14.4. The first-order valence-corrected chi connectivity index (χ1v) is 7.06. The second-order valence-electron chi connectivity index (χ2n) is 5.17. The van der Waals surface area contributed by atoms with E-state index in [4.69, 9.17) is 5.73 Å². The molecular formula is C13H14BrF2N3O. The van der Waals surface area contributed by atoms with Crippen molar-refractivity contribution in [2.45, 2.75) is 18.7 Å². The Morgan fingerprint density at radius 3 is 2.75 bits per heavy atom. The number of fused-ring (bicyclic) bond motifs is 1. The van der Waals surface area contributed by atoms with Crippen molar-refractivity contribution in [3.8, 4) is 0 Å². The summed E-state index contributed by atoms with van der Waals surface area (Å²) in [6, 6.07) is 3.06. The van der Waals surface area contributed by atoms with Gasteiger partial charge in [0.1, 0.15) is 0 Å². The van der Waals surface area contributed by atoms with Crippen LogP contribution in [0.15, 0.2) is 16.6 Å². The molecule has 0 bridgehead atoms. The number of hydrogen-bond donors (Lipinski definition) is 3. The average Bonchev–Trinajstić information content (AvgIpc) is 2.91. The fourth-order valence-electron chi connectivity index (χ4n) is 2.59. The van der Waals surface area contributed by atoms with Crippen LogP contribution in [0, 0.1) is 11.6 Å². The maximum absolute atomic E-state index is 13.8. The average molecular weight is 346 g/mol. The van der Waals surface area contributed by atoms with Crippen molar-refractivity contribution in [3.63, 3.8) is 0 Å². The van der Waals surface area contributed by atoms with Crippen molar-refractivity contribution in [2.75, 3.05) is 13.1 Å². The topological polar surface area (TPSA) is 65.3 Å². The third-order valence-electron chi connectivity index (χ3n) is 3.61. The first-order valence-electron chi connectivity index (χ1n) is 6.27. The number of aromatic nitrogens is 1. The first-order chi connectivity index (χ1) is 9.45. The van der Waals surface area contributed by atoms with E-state index >= 15 is 0 Å². The van der Waals surface area contributed by atoms with Gasteiger partial charge < -0.3 is 15.8 Å². The summed E-state index contributed by atoms with van der Waals surface area (Å²) in [4.78, 5) is 4.86. The highest BCUT2D eigenvalue weighted by atomic mass is 79.9. The van der Waals surface area contributed by atoms with Crippen molar-refractivity contribution in [2.24, 2.45) is 5.73 Å². The number of nitrogens with two attached hydrogens (primary N) is 1. The summed E-state index contributed by atoms with van der Waals surface area (Å²) in [5.74, 6) is -1.79. The maximum Gasteiger partial charge on any atom is 0.183 e. The van der Waals surface area contributed by atoms with Gasteiger partial charge in [-0.15, -0.1) is 0 Å². The molecule has 2 atom stereocenters. The van der Waals surface area contributed by atoms with Gasteiger partial charge in [0.05, 0.1) is 16.1 Å². The van der Waals surface area contributed by atoms with E-state index in [-0.39, 0.29) is 16.0 Å². The lowest BCUT2D eigenvalue weighted by molar-refractivity contribution is 0.164. The van der Waals surface area contributed by atoms with Crippen LogP contribution in [-0.4, -0.2) is 40.2 Å². The Kier molecular flexibility index (Phi) is 3.53. The Balaban J connectivity index is 1.88. The fourth-order valence-corrected chi connectivity index (χ4v) is 3.01. The predicted octanol–water partition coefficient (Wildman–Crippen LogP) is 1.71. The SMILES string of the molecule is N[C@H]1CN(Cc2cc3cc(Br)c(F)c(F)c3[nH]2)C[C@@H]1O. The van der Waals surface area contributed by atoms with E-state index in [1.165, 1.54) is 6.07 Å². The van der Waals surface area contributed by atoms with E-state index in [1.807, 2.05) is 4.90 Å². The summed E-state index contributed by atoms with van der Waals surface area (Å²) < 4.78 is 27.4. The third kappa shape index (κ3) is 2.35. The molecule has 0 radical (unpaired) electrons. The molecule has 0 amide bonds. The molecule has 1 fully saturated rings. The van der Waals surface area contributed by atoms with Crippen LogP contribution < -0.4 is 5.73 Å². The van der Waals surface area contributed by atoms with Crippen LogP contribution in [0.1, 0.15) is 5.69 Å². The van der Waals surface area contributed by atoms with Crippen molar-refractivity contribution in [1.29, 1.82) is 0 Å². The number of aliphatic hydroxyl groups excluding tert-OH is 1. The second-order valence-corrected chi connectivity index (χ2v) is 6.02. The molecule has 2 aromatic rings. The van der Waals surface area contributed by atoms with E-state index in [9.17, 15) is 13.9 Å². The van der Waals surface area contributed by atoms with Gasteiger partial charge in [0.2, 0.25) is 0 Å². The minimum atomic E-state index is -0.899. The molecular weight excluding hydrogens is 332 g/mol. The number of benzene rings is 1. The number of aliphatic hydroxyl groups is 1. The van der Waals surface area contributed by atoms with Gasteiger partial charge >= 0.3 is 0 Å². The summed E-state index contributed by atoms with van der Waals surface area (Å²) in [6.07, 6.45) is -0.539. The Labute approximate surface area is 122 Å². The van der Waals surface area contributed by atoms with Crippen LogP contribution in [-0.2, 0) is 6.54 Å². The minimum Gasteiger partial charge on any atom is -0.390 e. The lowest BCUT2D eigenvalue weighted by Crippen LogP contribution is -2.32. The van der Waals surface area contributed by atoms with Crippen LogP contribution in [0.25, 0.3) is 10.9 Å². The van der Waals surface area contributed by atoms with Gasteiger partial charge in [-0.3, -0.25) is 4.90 Å². The molecule has 3 rings (SSSR count). The van der Waals surface area contributed by atoms with Gasteiger partial charge in [0.15, 0.2) is 11.6 Å². The maximum atomic E-state index is 13.8. The summed E-state index contributed by atoms with van der Waals surface area (Å²) in [5.41, 5.74) is 6.66. The van der Waals surface area contributed by atoms with Crippen molar-refractivity contribution >= 4 is 26.8 Å². The fraction of sp³-hybridized carbons (Fsp3) is 0.385. The molecule has 108 valence electrons. The number of β-amino-alcohol motifs (C(OH)–C–C–N with tert-alkyl or cyclic N) is 1. The molecule has 0 spiro atoms. The highest BCUT2D eigenvalue weighted by Crippen LogP contribution is 2.28. The van der Waals surface area contributed by atoms with Crippen molar-refractivity contribution in [1.82, 2.24) is 9.88 Å². The van der Waals surface area contributed by atoms with E-state index in [0.717, 1.165) is 5.69 Å². The largest absolute Gasteiger partial charge is 0.390 e. The van der Waals surface area contributed by atoms with E-state index in [1.54, 1.807) is 6.07 Å². The number of nitrogens with one attached hydrogen (secondary N) is 1. The lowest BCUT2D eigenvalue weighted by Gasteiger charge is -2.13. The Morgan fingerprint density at radius 1 is 1.35 bits per heavy atom. The molecule has 1 aromatic carbocycles. The van der Waals surface area contributed by atoms with Crippen molar-refractivity contribution < 1.29 is 13.9 Å². The number of H-pyrrole nitrogens is 1. The number of halogens is 3. The number of likely N-dealkylation sites (tertiary alicyclic amines) is 1. The summed E-state index contributed by atoms with van der Waals surface area (Å²) in [6.45, 7) is 1.58. The number of aromatic amines is 1. The van der Waals surface area contributed by atoms with Crippen LogP contribution in [0.3, 0.4) is 0 Å². The molecule has 2 heterocycles. The molecule has 4 N–H and O–H groups in total.